The summed E-state index contributed by atoms with van der Waals surface area (Å²) in [6.45, 7) is 2.42. The number of aromatic nitrogens is 2. The van der Waals surface area contributed by atoms with Crippen LogP contribution in [0.5, 0.6) is 5.88 Å². The maximum absolute atomic E-state index is 8.67. The average molecular weight is 128 g/mol. The molecule has 9 heavy (non-hydrogen) atoms. The molecule has 0 bridgehead atoms. The van der Waals surface area contributed by atoms with Crippen LogP contribution >= 0.6 is 0 Å². The van der Waals surface area contributed by atoms with Gasteiger partial charge in [-0.1, -0.05) is 0 Å². The first-order valence-corrected chi connectivity index (χ1v) is 2.69. The minimum absolute atomic E-state index is 0.0246. The van der Waals surface area contributed by atoms with Crippen LogP contribution in [0.15, 0.2) is 12.5 Å². The Balaban J connectivity index is 2.61. The number of nitrogens with zero attached hydrogens (tertiary/aromatic N) is 2. The largest absolute Gasteiger partial charge is 0.492 e. The van der Waals surface area contributed by atoms with E-state index in [9.17, 15) is 0 Å². The molecule has 1 rings (SSSR count). The molecule has 0 aliphatic carbocycles. The molecule has 0 aliphatic heterocycles. The molecule has 0 spiro atoms. The Morgan fingerprint density at radius 2 is 2.67 bits per heavy atom. The molecule has 4 heteroatoms. The fourth-order valence-electron chi connectivity index (χ4n) is 0.516. The van der Waals surface area contributed by atoms with E-state index in [2.05, 4.69) is 4.98 Å². The number of aromatic hydroxyl groups is 1. The Morgan fingerprint density at radius 1 is 1.89 bits per heavy atom. The Bertz CT molecular complexity index is 185. The zero-order valence-electron chi connectivity index (χ0n) is 5.11. The third-order valence-corrected chi connectivity index (χ3v) is 0.825. The number of rotatable bonds is 2. The third-order valence-electron chi connectivity index (χ3n) is 0.825. The monoisotopic (exact) mass is 128 g/mol. The molecule has 1 N–H and O–H groups in total. The van der Waals surface area contributed by atoms with Crippen LogP contribution in [-0.2, 0) is 0 Å². The quantitative estimate of drug-likeness (QED) is 0.611. The van der Waals surface area contributed by atoms with Gasteiger partial charge in [0, 0.05) is 0 Å². The van der Waals surface area contributed by atoms with Gasteiger partial charge < -0.3 is 9.94 Å². The van der Waals surface area contributed by atoms with E-state index in [-0.39, 0.29) is 5.88 Å². The smallest absolute Gasteiger partial charge is 0.232 e. The molecule has 0 atom stereocenters. The van der Waals surface area contributed by atoms with E-state index >= 15 is 0 Å². The molecule has 0 amide bonds. The standard InChI is InChI=1S/C5H8N2O2/c1-2-9-7-3-5(8)6-4-7/h3-4,8H,2H2,1H3. The highest BCUT2D eigenvalue weighted by atomic mass is 16.7. The van der Waals surface area contributed by atoms with Gasteiger partial charge in [0.25, 0.3) is 0 Å². The van der Waals surface area contributed by atoms with Gasteiger partial charge >= 0.3 is 0 Å². The highest BCUT2D eigenvalue weighted by Gasteiger charge is 1.91. The van der Waals surface area contributed by atoms with Gasteiger partial charge in [-0.25, -0.2) is 0 Å². The van der Waals surface area contributed by atoms with Crippen LogP contribution in [-0.4, -0.2) is 21.4 Å². The fourth-order valence-corrected chi connectivity index (χ4v) is 0.516. The van der Waals surface area contributed by atoms with E-state index in [1.807, 2.05) is 6.92 Å². The molecule has 0 saturated heterocycles. The summed E-state index contributed by atoms with van der Waals surface area (Å²) in [5.41, 5.74) is 0. The van der Waals surface area contributed by atoms with E-state index in [1.165, 1.54) is 17.3 Å². The van der Waals surface area contributed by atoms with Crippen molar-refractivity contribution in [2.75, 3.05) is 6.61 Å². The predicted octanol–water partition coefficient (Wildman–Crippen LogP) is 0.0372. The second-order valence-electron chi connectivity index (χ2n) is 1.51. The molecule has 4 nitrogen and oxygen atoms in total. The van der Waals surface area contributed by atoms with Crippen molar-refractivity contribution in [3.05, 3.63) is 12.5 Å². The first kappa shape index (κ1) is 5.94. The van der Waals surface area contributed by atoms with Crippen molar-refractivity contribution < 1.29 is 9.94 Å². The summed E-state index contributed by atoms with van der Waals surface area (Å²) >= 11 is 0. The van der Waals surface area contributed by atoms with Crippen LogP contribution in [0, 0.1) is 0 Å². The zero-order valence-corrected chi connectivity index (χ0v) is 5.11. The van der Waals surface area contributed by atoms with Crippen LogP contribution < -0.4 is 4.84 Å². The number of hydrogen-bond donors (Lipinski definition) is 1. The minimum Gasteiger partial charge on any atom is -0.492 e. The molecule has 1 heterocycles. The Kier molecular flexibility index (Phi) is 1.58. The second-order valence-corrected chi connectivity index (χ2v) is 1.51. The maximum atomic E-state index is 8.67. The van der Waals surface area contributed by atoms with E-state index in [4.69, 9.17) is 9.94 Å². The van der Waals surface area contributed by atoms with E-state index < -0.39 is 0 Å². The van der Waals surface area contributed by atoms with Crippen molar-refractivity contribution in [2.24, 2.45) is 0 Å². The molecular weight excluding hydrogens is 120 g/mol. The molecule has 50 valence electrons. The molecule has 0 fully saturated rings. The van der Waals surface area contributed by atoms with Crippen LogP contribution in [0.4, 0.5) is 0 Å². The molecular formula is C5H8N2O2. The third kappa shape index (κ3) is 1.35. The van der Waals surface area contributed by atoms with Crippen molar-refractivity contribution in [2.45, 2.75) is 6.92 Å². The summed E-state index contributed by atoms with van der Waals surface area (Å²) in [5.74, 6) is -0.0246. The van der Waals surface area contributed by atoms with Gasteiger partial charge in [0.2, 0.25) is 5.88 Å². The summed E-state index contributed by atoms with van der Waals surface area (Å²) < 4.78 is 1.36. The van der Waals surface area contributed by atoms with Crippen LogP contribution in [0.1, 0.15) is 6.92 Å². The van der Waals surface area contributed by atoms with Crippen LogP contribution in [0.25, 0.3) is 0 Å². The van der Waals surface area contributed by atoms with Gasteiger partial charge in [0.05, 0.1) is 0 Å². The van der Waals surface area contributed by atoms with Gasteiger partial charge in [0.1, 0.15) is 19.1 Å². The Hall–Kier alpha value is -1.19. The van der Waals surface area contributed by atoms with Gasteiger partial charge in [-0.3, -0.25) is 0 Å². The van der Waals surface area contributed by atoms with Gasteiger partial charge in [-0.2, -0.15) is 9.71 Å². The van der Waals surface area contributed by atoms with Crippen molar-refractivity contribution in [3.63, 3.8) is 0 Å². The topological polar surface area (TPSA) is 47.3 Å². The Labute approximate surface area is 52.7 Å². The highest BCUT2D eigenvalue weighted by Crippen LogP contribution is 1.98. The lowest BCUT2D eigenvalue weighted by Gasteiger charge is -1.98. The minimum atomic E-state index is -0.0246. The molecule has 0 aliphatic rings. The maximum Gasteiger partial charge on any atom is 0.232 e. The van der Waals surface area contributed by atoms with E-state index in [0.29, 0.717) is 6.61 Å². The average Bonchev–Trinajstić information content (AvgIpc) is 2.17. The lowest BCUT2D eigenvalue weighted by molar-refractivity contribution is 0.121. The molecule has 0 aromatic carbocycles. The summed E-state index contributed by atoms with van der Waals surface area (Å²) in [6, 6.07) is 0. The van der Waals surface area contributed by atoms with E-state index in [1.54, 1.807) is 0 Å². The van der Waals surface area contributed by atoms with Crippen molar-refractivity contribution in [3.8, 4) is 5.88 Å². The Morgan fingerprint density at radius 3 is 3.11 bits per heavy atom. The van der Waals surface area contributed by atoms with Crippen LogP contribution in [0.2, 0.25) is 0 Å². The summed E-state index contributed by atoms with van der Waals surface area (Å²) in [6.07, 6.45) is 2.79. The molecule has 0 saturated carbocycles. The summed E-state index contributed by atoms with van der Waals surface area (Å²) in [4.78, 5) is 8.45. The SMILES string of the molecule is CCOn1cnc(O)c1. The molecule has 0 unspecified atom stereocenters. The fraction of sp³-hybridized carbons (Fsp3) is 0.400. The van der Waals surface area contributed by atoms with Crippen molar-refractivity contribution >= 4 is 0 Å². The first-order chi connectivity index (χ1) is 4.33. The lowest BCUT2D eigenvalue weighted by atomic mass is 10.9. The predicted molar refractivity (Wildman–Crippen MR) is 31.0 cm³/mol. The number of hydrogen-bond acceptors (Lipinski definition) is 3. The normalized spacial score (nSPS) is 9.44. The molecule has 0 radical (unpaired) electrons. The van der Waals surface area contributed by atoms with Gasteiger partial charge in [-0.15, -0.1) is 0 Å². The zero-order chi connectivity index (χ0) is 6.69. The van der Waals surface area contributed by atoms with Crippen LogP contribution in [0.3, 0.4) is 0 Å². The van der Waals surface area contributed by atoms with Gasteiger partial charge in [-0.05, 0) is 6.92 Å². The number of imidazole rings is 1. The summed E-state index contributed by atoms with van der Waals surface area (Å²) in [5, 5.41) is 8.67. The first-order valence-electron chi connectivity index (χ1n) is 2.69. The molecule has 1 aromatic rings. The lowest BCUT2D eigenvalue weighted by Crippen LogP contribution is -2.06. The molecule has 1 aromatic heterocycles. The van der Waals surface area contributed by atoms with Gasteiger partial charge in [0.15, 0.2) is 0 Å². The van der Waals surface area contributed by atoms with E-state index in [0.717, 1.165) is 0 Å². The van der Waals surface area contributed by atoms with Crippen molar-refractivity contribution in [1.82, 2.24) is 9.71 Å². The summed E-state index contributed by atoms with van der Waals surface area (Å²) in [7, 11) is 0. The van der Waals surface area contributed by atoms with Crippen molar-refractivity contribution in [1.29, 1.82) is 0 Å². The second kappa shape index (κ2) is 2.39. The highest BCUT2D eigenvalue weighted by molar-refractivity contribution is 4.98.